The largest absolute Gasteiger partial charge is 0.264 e. The van der Waals surface area contributed by atoms with E-state index in [9.17, 15) is 0 Å². The molecular formula is C19H11N3S. The van der Waals surface area contributed by atoms with Crippen molar-refractivity contribution in [1.29, 1.82) is 0 Å². The van der Waals surface area contributed by atoms with Crippen LogP contribution in [0.4, 0.5) is 0 Å². The van der Waals surface area contributed by atoms with Crippen molar-refractivity contribution in [2.24, 2.45) is 0 Å². The zero-order valence-electron chi connectivity index (χ0n) is 12.1. The standard InChI is InChI=1S/C19H11N3S/c1-3-12-4-2-7-21-19(12)13(5-1)16-9-18-15(11-22-16)14-10-20-8-6-17(14)23-18/h1-11H. The highest BCUT2D eigenvalue weighted by molar-refractivity contribution is 7.25. The van der Waals surface area contributed by atoms with Crippen LogP contribution in [0.25, 0.3) is 42.3 Å². The maximum absolute atomic E-state index is 4.69. The molecule has 0 spiro atoms. The fourth-order valence-corrected chi connectivity index (χ4v) is 4.05. The lowest BCUT2D eigenvalue weighted by Crippen LogP contribution is -1.87. The van der Waals surface area contributed by atoms with Gasteiger partial charge in [0.2, 0.25) is 0 Å². The van der Waals surface area contributed by atoms with Crippen molar-refractivity contribution in [3.8, 4) is 11.3 Å². The minimum Gasteiger partial charge on any atom is -0.264 e. The number of rotatable bonds is 1. The number of fused-ring (bicyclic) bond motifs is 4. The summed E-state index contributed by atoms with van der Waals surface area (Å²) in [6.07, 6.45) is 7.53. The molecule has 1 aromatic carbocycles. The Morgan fingerprint density at radius 3 is 2.70 bits per heavy atom. The first-order valence-corrected chi connectivity index (χ1v) is 8.18. The number of hydrogen-bond acceptors (Lipinski definition) is 4. The average Bonchev–Trinajstić information content (AvgIpc) is 2.99. The molecule has 23 heavy (non-hydrogen) atoms. The summed E-state index contributed by atoms with van der Waals surface area (Å²) in [4.78, 5) is 13.4. The highest BCUT2D eigenvalue weighted by Gasteiger charge is 2.10. The van der Waals surface area contributed by atoms with Crippen molar-refractivity contribution >= 4 is 42.4 Å². The topological polar surface area (TPSA) is 38.7 Å². The van der Waals surface area contributed by atoms with E-state index in [4.69, 9.17) is 0 Å². The van der Waals surface area contributed by atoms with E-state index in [2.05, 4.69) is 51.4 Å². The molecule has 0 fully saturated rings. The van der Waals surface area contributed by atoms with Gasteiger partial charge in [0.05, 0.1) is 11.2 Å². The van der Waals surface area contributed by atoms with Crippen molar-refractivity contribution < 1.29 is 0 Å². The molecule has 5 rings (SSSR count). The number of benzene rings is 1. The van der Waals surface area contributed by atoms with E-state index in [1.54, 1.807) is 11.3 Å². The second-order valence-corrected chi connectivity index (χ2v) is 6.50. The Balaban J connectivity index is 1.81. The van der Waals surface area contributed by atoms with Crippen molar-refractivity contribution in [1.82, 2.24) is 15.0 Å². The molecule has 0 radical (unpaired) electrons. The molecule has 0 atom stereocenters. The SMILES string of the molecule is c1cnc2c(-c3cc4sc5ccncc5c4cn3)cccc2c1. The Bertz CT molecular complexity index is 1170. The molecular weight excluding hydrogens is 302 g/mol. The predicted octanol–water partition coefficient (Wildman–Crippen LogP) is 5.06. The van der Waals surface area contributed by atoms with Gasteiger partial charge < -0.3 is 0 Å². The molecule has 108 valence electrons. The summed E-state index contributed by atoms with van der Waals surface area (Å²) >= 11 is 1.78. The number of pyridine rings is 3. The van der Waals surface area contributed by atoms with Crippen LogP contribution < -0.4 is 0 Å². The lowest BCUT2D eigenvalue weighted by atomic mass is 10.1. The third-order valence-electron chi connectivity index (χ3n) is 4.07. The van der Waals surface area contributed by atoms with Crippen LogP contribution in [0.2, 0.25) is 0 Å². The van der Waals surface area contributed by atoms with Gasteiger partial charge in [-0.05, 0) is 18.2 Å². The zero-order valence-corrected chi connectivity index (χ0v) is 12.9. The third kappa shape index (κ3) is 1.92. The van der Waals surface area contributed by atoms with E-state index in [0.29, 0.717) is 0 Å². The molecule has 0 saturated heterocycles. The molecule has 0 N–H and O–H groups in total. The van der Waals surface area contributed by atoms with Gasteiger partial charge in [0, 0.05) is 55.9 Å². The first-order valence-electron chi connectivity index (χ1n) is 7.36. The second kappa shape index (κ2) is 4.83. The van der Waals surface area contributed by atoms with Gasteiger partial charge in [-0.25, -0.2) is 0 Å². The van der Waals surface area contributed by atoms with Gasteiger partial charge >= 0.3 is 0 Å². The molecule has 4 heteroatoms. The summed E-state index contributed by atoms with van der Waals surface area (Å²) in [5.41, 5.74) is 3.02. The summed E-state index contributed by atoms with van der Waals surface area (Å²) in [5, 5.41) is 3.46. The van der Waals surface area contributed by atoms with E-state index in [0.717, 1.165) is 27.5 Å². The molecule has 0 saturated carbocycles. The van der Waals surface area contributed by atoms with Crippen LogP contribution in [0.15, 0.2) is 67.3 Å². The van der Waals surface area contributed by atoms with E-state index < -0.39 is 0 Å². The summed E-state index contributed by atoms with van der Waals surface area (Å²) in [6.45, 7) is 0. The van der Waals surface area contributed by atoms with Crippen molar-refractivity contribution in [3.05, 3.63) is 67.3 Å². The van der Waals surface area contributed by atoms with Crippen LogP contribution in [0.1, 0.15) is 0 Å². The van der Waals surface area contributed by atoms with Gasteiger partial charge in [-0.2, -0.15) is 0 Å². The average molecular weight is 313 g/mol. The van der Waals surface area contributed by atoms with Gasteiger partial charge in [0.1, 0.15) is 0 Å². The van der Waals surface area contributed by atoms with E-state index >= 15 is 0 Å². The molecule has 5 aromatic rings. The highest BCUT2D eigenvalue weighted by atomic mass is 32.1. The Kier molecular flexibility index (Phi) is 2.66. The number of para-hydroxylation sites is 1. The van der Waals surface area contributed by atoms with Crippen LogP contribution in [-0.2, 0) is 0 Å². The maximum atomic E-state index is 4.69. The Morgan fingerprint density at radius 1 is 0.783 bits per heavy atom. The Hall–Kier alpha value is -2.85. The van der Waals surface area contributed by atoms with Gasteiger partial charge in [-0.3, -0.25) is 15.0 Å². The molecule has 0 aliphatic carbocycles. The minimum absolute atomic E-state index is 0.960. The van der Waals surface area contributed by atoms with Crippen LogP contribution >= 0.6 is 11.3 Å². The van der Waals surface area contributed by atoms with E-state index in [1.807, 2.05) is 30.9 Å². The van der Waals surface area contributed by atoms with Gasteiger partial charge in [0.25, 0.3) is 0 Å². The molecule has 4 aromatic heterocycles. The molecule has 4 heterocycles. The molecule has 0 unspecified atom stereocenters. The molecule has 0 aliphatic heterocycles. The minimum atomic E-state index is 0.960. The molecule has 0 amide bonds. The molecule has 0 bridgehead atoms. The quantitative estimate of drug-likeness (QED) is 0.434. The van der Waals surface area contributed by atoms with Crippen molar-refractivity contribution in [3.63, 3.8) is 0 Å². The Labute approximate surface area is 136 Å². The van der Waals surface area contributed by atoms with Crippen LogP contribution in [0, 0.1) is 0 Å². The first kappa shape index (κ1) is 12.7. The van der Waals surface area contributed by atoms with Crippen molar-refractivity contribution in [2.75, 3.05) is 0 Å². The van der Waals surface area contributed by atoms with Gasteiger partial charge in [-0.1, -0.05) is 24.3 Å². The highest BCUT2D eigenvalue weighted by Crippen LogP contribution is 2.35. The van der Waals surface area contributed by atoms with Gasteiger partial charge in [0.15, 0.2) is 0 Å². The summed E-state index contributed by atoms with van der Waals surface area (Å²) in [7, 11) is 0. The van der Waals surface area contributed by atoms with Gasteiger partial charge in [-0.15, -0.1) is 11.3 Å². The number of hydrogen-bond donors (Lipinski definition) is 0. The molecule has 0 aliphatic rings. The Morgan fingerprint density at radius 2 is 1.70 bits per heavy atom. The molecule has 3 nitrogen and oxygen atoms in total. The lowest BCUT2D eigenvalue weighted by molar-refractivity contribution is 1.34. The third-order valence-corrected chi connectivity index (χ3v) is 5.20. The van der Waals surface area contributed by atoms with Crippen LogP contribution in [0.5, 0.6) is 0 Å². The number of aromatic nitrogens is 3. The fraction of sp³-hybridized carbons (Fsp3) is 0. The first-order chi connectivity index (χ1) is 11.4. The van der Waals surface area contributed by atoms with Crippen molar-refractivity contribution in [2.45, 2.75) is 0 Å². The van der Waals surface area contributed by atoms with E-state index in [1.165, 1.54) is 14.8 Å². The predicted molar refractivity (Wildman–Crippen MR) is 95.7 cm³/mol. The normalized spacial score (nSPS) is 11.5. The van der Waals surface area contributed by atoms with Crippen LogP contribution in [0.3, 0.4) is 0 Å². The monoisotopic (exact) mass is 313 g/mol. The fourth-order valence-electron chi connectivity index (χ4n) is 2.97. The maximum Gasteiger partial charge on any atom is 0.0795 e. The lowest BCUT2D eigenvalue weighted by Gasteiger charge is -2.05. The second-order valence-electron chi connectivity index (χ2n) is 5.42. The summed E-state index contributed by atoms with van der Waals surface area (Å²) in [5.74, 6) is 0. The summed E-state index contributed by atoms with van der Waals surface area (Å²) < 4.78 is 2.47. The van der Waals surface area contributed by atoms with Crippen LogP contribution in [-0.4, -0.2) is 15.0 Å². The number of nitrogens with zero attached hydrogens (tertiary/aromatic N) is 3. The van der Waals surface area contributed by atoms with E-state index in [-0.39, 0.29) is 0 Å². The smallest absolute Gasteiger partial charge is 0.0795 e. The zero-order chi connectivity index (χ0) is 15.2. The number of thiophene rings is 1. The summed E-state index contributed by atoms with van der Waals surface area (Å²) in [6, 6.07) is 14.5.